The Morgan fingerprint density at radius 1 is 1.12 bits per heavy atom. The Bertz CT molecular complexity index is 497. The molecule has 0 bridgehead atoms. The zero-order valence-electron chi connectivity index (χ0n) is 8.25. The summed E-state index contributed by atoms with van der Waals surface area (Å²) in [6, 6.07) is 7.18. The molecule has 0 atom stereocenters. The van der Waals surface area contributed by atoms with Gasteiger partial charge in [0.1, 0.15) is 5.82 Å². The van der Waals surface area contributed by atoms with Crippen molar-refractivity contribution >= 4 is 11.6 Å². The predicted octanol–water partition coefficient (Wildman–Crippen LogP) is 3.60. The third-order valence-electron chi connectivity index (χ3n) is 2.19. The number of aromatic nitrogens is 1. The van der Waals surface area contributed by atoms with E-state index in [-0.39, 0.29) is 5.82 Å². The number of rotatable bonds is 2. The number of pyridine rings is 1. The molecule has 0 unspecified atom stereocenters. The first kappa shape index (κ1) is 11.0. The van der Waals surface area contributed by atoms with Gasteiger partial charge in [0, 0.05) is 17.6 Å². The zero-order chi connectivity index (χ0) is 11.5. The molecule has 0 fully saturated rings. The summed E-state index contributed by atoms with van der Waals surface area (Å²) in [7, 11) is 0. The summed E-state index contributed by atoms with van der Waals surface area (Å²) in [6.45, 7) is 0. The molecular weight excluding hydrogens is 232 g/mol. The minimum Gasteiger partial charge on any atom is -0.228 e. The quantitative estimate of drug-likeness (QED) is 0.730. The summed E-state index contributed by atoms with van der Waals surface area (Å²) >= 11 is 5.77. The highest BCUT2D eigenvalue weighted by Gasteiger charge is 2.04. The maximum atomic E-state index is 13.4. The molecule has 0 N–H and O–H groups in total. The highest BCUT2D eigenvalue weighted by molar-refractivity contribution is 6.30. The van der Waals surface area contributed by atoms with Gasteiger partial charge in [-0.2, -0.15) is 4.39 Å². The summed E-state index contributed by atoms with van der Waals surface area (Å²) in [5.41, 5.74) is 1.21. The Kier molecular flexibility index (Phi) is 3.15. The van der Waals surface area contributed by atoms with E-state index in [1.165, 1.54) is 24.4 Å². The van der Waals surface area contributed by atoms with Crippen LogP contribution in [0.3, 0.4) is 0 Å². The van der Waals surface area contributed by atoms with Crippen LogP contribution in [0, 0.1) is 11.8 Å². The molecule has 2 aromatic rings. The molecule has 0 radical (unpaired) electrons. The second-order valence-corrected chi connectivity index (χ2v) is 3.84. The van der Waals surface area contributed by atoms with Crippen LogP contribution in [-0.2, 0) is 6.42 Å². The Balaban J connectivity index is 2.26. The molecule has 2 rings (SSSR count). The summed E-state index contributed by atoms with van der Waals surface area (Å²) < 4.78 is 25.9. The van der Waals surface area contributed by atoms with Crippen molar-refractivity contribution in [3.63, 3.8) is 0 Å². The maximum Gasteiger partial charge on any atom is 0.212 e. The van der Waals surface area contributed by atoms with Crippen LogP contribution < -0.4 is 0 Å². The minimum absolute atomic E-state index is 0.325. The lowest BCUT2D eigenvalue weighted by molar-refractivity contribution is 0.582. The first-order chi connectivity index (χ1) is 7.65. The lowest BCUT2D eigenvalue weighted by atomic mass is 10.1. The van der Waals surface area contributed by atoms with Crippen molar-refractivity contribution in [1.29, 1.82) is 0 Å². The Hall–Kier alpha value is -1.48. The van der Waals surface area contributed by atoms with Gasteiger partial charge in [-0.3, -0.25) is 0 Å². The standard InChI is InChI=1S/C12H8ClF2N/c13-10-2-3-11(14)9(6-10)5-8-1-4-12(15)16-7-8/h1-4,6-7H,5H2. The highest BCUT2D eigenvalue weighted by atomic mass is 35.5. The van der Waals surface area contributed by atoms with Gasteiger partial charge in [-0.25, -0.2) is 9.37 Å². The molecule has 1 aromatic carbocycles. The Morgan fingerprint density at radius 2 is 1.94 bits per heavy atom. The molecule has 0 spiro atoms. The SMILES string of the molecule is Fc1ccc(Cc2cc(Cl)ccc2F)cn1. The largest absolute Gasteiger partial charge is 0.228 e. The average Bonchev–Trinajstić information content (AvgIpc) is 2.27. The number of halogens is 3. The van der Waals surface area contributed by atoms with Gasteiger partial charge in [0.25, 0.3) is 0 Å². The summed E-state index contributed by atoms with van der Waals surface area (Å²) in [5, 5.41) is 0.478. The third kappa shape index (κ3) is 2.55. The lowest BCUT2D eigenvalue weighted by Gasteiger charge is -2.03. The van der Waals surface area contributed by atoms with E-state index in [4.69, 9.17) is 11.6 Å². The van der Waals surface area contributed by atoms with Crippen LogP contribution in [0.1, 0.15) is 11.1 Å². The number of benzene rings is 1. The minimum atomic E-state index is -0.546. The molecule has 16 heavy (non-hydrogen) atoms. The van der Waals surface area contributed by atoms with Crippen LogP contribution in [0.2, 0.25) is 5.02 Å². The van der Waals surface area contributed by atoms with Gasteiger partial charge in [-0.05, 0) is 35.4 Å². The first-order valence-electron chi connectivity index (χ1n) is 4.69. The normalized spacial score (nSPS) is 10.4. The van der Waals surface area contributed by atoms with Crippen molar-refractivity contribution in [2.75, 3.05) is 0 Å². The topological polar surface area (TPSA) is 12.9 Å². The average molecular weight is 240 g/mol. The molecule has 0 aliphatic heterocycles. The van der Waals surface area contributed by atoms with E-state index in [9.17, 15) is 8.78 Å². The first-order valence-corrected chi connectivity index (χ1v) is 5.07. The predicted molar refractivity (Wildman–Crippen MR) is 58.4 cm³/mol. The second kappa shape index (κ2) is 4.58. The van der Waals surface area contributed by atoms with E-state index in [1.54, 1.807) is 12.1 Å². The summed E-state index contributed by atoms with van der Waals surface area (Å²) in [6.07, 6.45) is 1.73. The van der Waals surface area contributed by atoms with Crippen LogP contribution in [0.15, 0.2) is 36.5 Å². The van der Waals surface area contributed by atoms with Crippen LogP contribution in [0.4, 0.5) is 8.78 Å². The van der Waals surface area contributed by atoms with Crippen LogP contribution in [0.5, 0.6) is 0 Å². The van der Waals surface area contributed by atoms with E-state index in [0.29, 0.717) is 17.0 Å². The third-order valence-corrected chi connectivity index (χ3v) is 2.43. The van der Waals surface area contributed by atoms with E-state index < -0.39 is 5.95 Å². The molecule has 0 aliphatic rings. The molecule has 4 heteroatoms. The van der Waals surface area contributed by atoms with E-state index in [2.05, 4.69) is 4.98 Å². The van der Waals surface area contributed by atoms with Gasteiger partial charge >= 0.3 is 0 Å². The molecule has 82 valence electrons. The van der Waals surface area contributed by atoms with Crippen molar-refractivity contribution in [1.82, 2.24) is 4.98 Å². The molecule has 0 saturated heterocycles. The van der Waals surface area contributed by atoms with Crippen molar-refractivity contribution in [2.45, 2.75) is 6.42 Å². The monoisotopic (exact) mass is 239 g/mol. The number of nitrogens with zero attached hydrogens (tertiary/aromatic N) is 1. The van der Waals surface area contributed by atoms with Crippen LogP contribution >= 0.6 is 11.6 Å². The molecule has 0 aliphatic carbocycles. The molecule has 1 heterocycles. The van der Waals surface area contributed by atoms with Crippen LogP contribution in [0.25, 0.3) is 0 Å². The van der Waals surface area contributed by atoms with Gasteiger partial charge in [0.05, 0.1) is 0 Å². The Morgan fingerprint density at radius 3 is 2.62 bits per heavy atom. The highest BCUT2D eigenvalue weighted by Crippen LogP contribution is 2.18. The number of hydrogen-bond donors (Lipinski definition) is 0. The second-order valence-electron chi connectivity index (χ2n) is 3.40. The summed E-state index contributed by atoms with van der Waals surface area (Å²) in [4.78, 5) is 3.51. The van der Waals surface area contributed by atoms with E-state index >= 15 is 0 Å². The molecule has 0 amide bonds. The van der Waals surface area contributed by atoms with Crippen molar-refractivity contribution in [2.24, 2.45) is 0 Å². The van der Waals surface area contributed by atoms with Gasteiger partial charge in [0.15, 0.2) is 0 Å². The van der Waals surface area contributed by atoms with Gasteiger partial charge in [0.2, 0.25) is 5.95 Å². The van der Waals surface area contributed by atoms with E-state index in [0.717, 1.165) is 5.56 Å². The molecule has 1 nitrogen and oxygen atoms in total. The van der Waals surface area contributed by atoms with E-state index in [1.807, 2.05) is 0 Å². The fraction of sp³-hybridized carbons (Fsp3) is 0.0833. The van der Waals surface area contributed by atoms with Crippen molar-refractivity contribution < 1.29 is 8.78 Å². The smallest absolute Gasteiger partial charge is 0.212 e. The fourth-order valence-corrected chi connectivity index (χ4v) is 1.60. The van der Waals surface area contributed by atoms with Gasteiger partial charge in [-0.15, -0.1) is 0 Å². The summed E-state index contributed by atoms with van der Waals surface area (Å²) in [5.74, 6) is -0.871. The fourth-order valence-electron chi connectivity index (χ4n) is 1.41. The van der Waals surface area contributed by atoms with Gasteiger partial charge in [-0.1, -0.05) is 17.7 Å². The van der Waals surface area contributed by atoms with Crippen molar-refractivity contribution in [3.8, 4) is 0 Å². The number of hydrogen-bond acceptors (Lipinski definition) is 1. The Labute approximate surface area is 96.7 Å². The van der Waals surface area contributed by atoms with Crippen LogP contribution in [-0.4, -0.2) is 4.98 Å². The van der Waals surface area contributed by atoms with Crippen molar-refractivity contribution in [3.05, 3.63) is 64.4 Å². The maximum absolute atomic E-state index is 13.4. The zero-order valence-corrected chi connectivity index (χ0v) is 9.01. The van der Waals surface area contributed by atoms with Gasteiger partial charge < -0.3 is 0 Å². The molecule has 1 aromatic heterocycles. The molecular formula is C12H8ClF2N. The lowest BCUT2D eigenvalue weighted by Crippen LogP contribution is -1.94. The molecule has 0 saturated carbocycles.